The zero-order valence-corrected chi connectivity index (χ0v) is 17.3. The average molecular weight is 456 g/mol. The van der Waals surface area contributed by atoms with E-state index in [1.807, 2.05) is 17.0 Å². The highest BCUT2D eigenvalue weighted by atomic mass is 127. The molecule has 1 saturated carbocycles. The van der Waals surface area contributed by atoms with Crippen LogP contribution in [-0.4, -0.2) is 36.4 Å². The summed E-state index contributed by atoms with van der Waals surface area (Å²) in [5, 5.41) is 6.79. The molecule has 2 N–H and O–H groups in total. The van der Waals surface area contributed by atoms with Crippen LogP contribution in [0.1, 0.15) is 49.7 Å². The summed E-state index contributed by atoms with van der Waals surface area (Å²) in [5.74, 6) is 1.11. The van der Waals surface area contributed by atoms with Crippen molar-refractivity contribution in [2.45, 2.75) is 57.7 Å². The monoisotopic (exact) mass is 456 g/mol. The fourth-order valence-corrected chi connectivity index (χ4v) is 3.57. The van der Waals surface area contributed by atoms with E-state index in [2.05, 4.69) is 27.8 Å². The Labute approximate surface area is 167 Å². The first-order valence-corrected chi connectivity index (χ1v) is 9.08. The number of hydrogen-bond donors (Lipinski definition) is 2. The Balaban J connectivity index is 0.00000225. The lowest BCUT2D eigenvalue weighted by atomic mass is 10.1. The number of aliphatic imine (C=N–C) groups is 1. The van der Waals surface area contributed by atoms with E-state index in [-0.39, 0.29) is 29.9 Å². The van der Waals surface area contributed by atoms with Crippen molar-refractivity contribution in [1.29, 1.82) is 0 Å². The Morgan fingerprint density at radius 2 is 1.84 bits per heavy atom. The first-order valence-electron chi connectivity index (χ1n) is 9.08. The number of guanidine groups is 1. The van der Waals surface area contributed by atoms with Crippen molar-refractivity contribution >= 4 is 35.8 Å². The van der Waals surface area contributed by atoms with Gasteiger partial charge in [-0.15, -0.1) is 24.0 Å². The molecule has 1 aliphatic carbocycles. The van der Waals surface area contributed by atoms with E-state index in [0.717, 1.165) is 32.0 Å². The number of fused-ring (bicyclic) bond motifs is 1. The molecule has 5 nitrogen and oxygen atoms in total. The Hall–Kier alpha value is -1.31. The van der Waals surface area contributed by atoms with Gasteiger partial charge >= 0.3 is 0 Å². The second-order valence-corrected chi connectivity index (χ2v) is 6.75. The van der Waals surface area contributed by atoms with Crippen molar-refractivity contribution in [2.24, 2.45) is 4.99 Å². The Kier molecular flexibility index (Phi) is 7.99. The largest absolute Gasteiger partial charge is 0.356 e. The van der Waals surface area contributed by atoms with Gasteiger partial charge in [0, 0.05) is 39.1 Å². The second-order valence-electron chi connectivity index (χ2n) is 6.75. The molecule has 3 rings (SSSR count). The van der Waals surface area contributed by atoms with Gasteiger partial charge in [0.15, 0.2) is 5.96 Å². The molecule has 0 radical (unpaired) electrons. The Morgan fingerprint density at radius 3 is 2.44 bits per heavy atom. The summed E-state index contributed by atoms with van der Waals surface area (Å²) in [7, 11) is 1.80. The van der Waals surface area contributed by atoms with Gasteiger partial charge in [0.25, 0.3) is 0 Å². The van der Waals surface area contributed by atoms with Crippen LogP contribution >= 0.6 is 24.0 Å². The van der Waals surface area contributed by atoms with E-state index in [9.17, 15) is 4.79 Å². The molecule has 1 aromatic carbocycles. The fourth-order valence-electron chi connectivity index (χ4n) is 3.57. The van der Waals surface area contributed by atoms with E-state index in [0.29, 0.717) is 12.5 Å². The average Bonchev–Trinajstić information content (AvgIpc) is 3.26. The molecule has 0 bridgehead atoms. The molecule has 1 heterocycles. The SMILES string of the molecule is CN=C(NCCCC(=O)N1Cc2ccccc2C1)NC1CCCC1.I. The molecule has 1 amide bonds. The van der Waals surface area contributed by atoms with Gasteiger partial charge < -0.3 is 15.5 Å². The summed E-state index contributed by atoms with van der Waals surface area (Å²) in [6.07, 6.45) is 6.49. The molecular formula is C19H29IN4O. The van der Waals surface area contributed by atoms with Crippen molar-refractivity contribution in [1.82, 2.24) is 15.5 Å². The summed E-state index contributed by atoms with van der Waals surface area (Å²) in [4.78, 5) is 18.6. The van der Waals surface area contributed by atoms with Crippen LogP contribution in [0, 0.1) is 0 Å². The predicted octanol–water partition coefficient (Wildman–Crippen LogP) is 3.03. The summed E-state index contributed by atoms with van der Waals surface area (Å²) in [5.41, 5.74) is 2.57. The molecule has 0 aromatic heterocycles. The highest BCUT2D eigenvalue weighted by molar-refractivity contribution is 14.0. The van der Waals surface area contributed by atoms with Crippen molar-refractivity contribution in [2.75, 3.05) is 13.6 Å². The zero-order valence-electron chi connectivity index (χ0n) is 15.0. The van der Waals surface area contributed by atoms with Gasteiger partial charge in [-0.2, -0.15) is 0 Å². The van der Waals surface area contributed by atoms with E-state index in [1.54, 1.807) is 7.05 Å². The van der Waals surface area contributed by atoms with Gasteiger partial charge in [-0.1, -0.05) is 37.1 Å². The number of halogens is 1. The third-order valence-corrected chi connectivity index (χ3v) is 4.97. The number of carbonyl (C=O) groups excluding carboxylic acids is 1. The van der Waals surface area contributed by atoms with Crippen LogP contribution in [-0.2, 0) is 17.9 Å². The highest BCUT2D eigenvalue weighted by Gasteiger charge is 2.22. The second kappa shape index (κ2) is 9.99. The minimum absolute atomic E-state index is 0. The van der Waals surface area contributed by atoms with Gasteiger partial charge in [-0.05, 0) is 30.4 Å². The molecule has 6 heteroatoms. The first-order chi connectivity index (χ1) is 11.8. The van der Waals surface area contributed by atoms with Crippen LogP contribution < -0.4 is 10.6 Å². The van der Waals surface area contributed by atoms with Gasteiger partial charge in [0.05, 0.1) is 0 Å². The van der Waals surface area contributed by atoms with E-state index in [4.69, 9.17) is 0 Å². The van der Waals surface area contributed by atoms with Crippen LogP contribution in [0.5, 0.6) is 0 Å². The third kappa shape index (κ3) is 5.59. The number of carbonyl (C=O) groups is 1. The topological polar surface area (TPSA) is 56.7 Å². The molecule has 2 aliphatic rings. The highest BCUT2D eigenvalue weighted by Crippen LogP contribution is 2.22. The maximum absolute atomic E-state index is 12.4. The maximum Gasteiger partial charge on any atom is 0.223 e. The zero-order chi connectivity index (χ0) is 16.8. The molecule has 138 valence electrons. The molecule has 0 saturated heterocycles. The van der Waals surface area contributed by atoms with Gasteiger partial charge in [-0.3, -0.25) is 9.79 Å². The molecule has 0 atom stereocenters. The van der Waals surface area contributed by atoms with E-state index in [1.165, 1.54) is 36.8 Å². The molecule has 0 spiro atoms. The summed E-state index contributed by atoms with van der Waals surface area (Å²) < 4.78 is 0. The minimum atomic E-state index is 0. The van der Waals surface area contributed by atoms with Crippen LogP contribution in [0.3, 0.4) is 0 Å². The maximum atomic E-state index is 12.4. The number of nitrogens with one attached hydrogen (secondary N) is 2. The summed E-state index contributed by atoms with van der Waals surface area (Å²) in [6.45, 7) is 2.29. The molecule has 25 heavy (non-hydrogen) atoms. The normalized spacial score (nSPS) is 17.2. The van der Waals surface area contributed by atoms with Crippen LogP contribution in [0.25, 0.3) is 0 Å². The van der Waals surface area contributed by atoms with Gasteiger partial charge in [-0.25, -0.2) is 0 Å². The van der Waals surface area contributed by atoms with Gasteiger partial charge in [0.2, 0.25) is 5.91 Å². The standard InChI is InChI=1S/C19H28N4O.HI/c1-20-19(22-17-9-4-5-10-17)21-12-6-11-18(24)23-13-15-7-2-3-8-16(15)14-23;/h2-3,7-8,17H,4-6,9-14H2,1H3,(H2,20,21,22);1H. The lowest BCUT2D eigenvalue weighted by molar-refractivity contribution is -0.131. The van der Waals surface area contributed by atoms with Crippen LogP contribution in [0.2, 0.25) is 0 Å². The number of rotatable bonds is 5. The Bertz CT molecular complexity index is 574. The number of benzene rings is 1. The first kappa shape index (κ1) is 20.0. The van der Waals surface area contributed by atoms with Crippen molar-refractivity contribution < 1.29 is 4.79 Å². The summed E-state index contributed by atoms with van der Waals surface area (Å²) in [6, 6.07) is 8.87. The van der Waals surface area contributed by atoms with Crippen LogP contribution in [0.15, 0.2) is 29.3 Å². The molecule has 1 aliphatic heterocycles. The molecular weight excluding hydrogens is 427 g/mol. The molecule has 0 unspecified atom stereocenters. The predicted molar refractivity (Wildman–Crippen MR) is 112 cm³/mol. The lowest BCUT2D eigenvalue weighted by Gasteiger charge is -2.18. The van der Waals surface area contributed by atoms with Crippen molar-refractivity contribution in [3.05, 3.63) is 35.4 Å². The van der Waals surface area contributed by atoms with Crippen LogP contribution in [0.4, 0.5) is 0 Å². The smallest absolute Gasteiger partial charge is 0.223 e. The quantitative estimate of drug-likeness (QED) is 0.310. The Morgan fingerprint density at radius 1 is 1.20 bits per heavy atom. The van der Waals surface area contributed by atoms with E-state index >= 15 is 0 Å². The number of amides is 1. The molecule has 1 fully saturated rings. The van der Waals surface area contributed by atoms with Gasteiger partial charge in [0.1, 0.15) is 0 Å². The number of nitrogens with zero attached hydrogens (tertiary/aromatic N) is 2. The molecule has 1 aromatic rings. The van der Waals surface area contributed by atoms with Crippen molar-refractivity contribution in [3.63, 3.8) is 0 Å². The third-order valence-electron chi connectivity index (χ3n) is 4.97. The fraction of sp³-hybridized carbons (Fsp3) is 0.579. The minimum Gasteiger partial charge on any atom is -0.356 e. The van der Waals surface area contributed by atoms with E-state index < -0.39 is 0 Å². The number of hydrogen-bond acceptors (Lipinski definition) is 2. The summed E-state index contributed by atoms with van der Waals surface area (Å²) >= 11 is 0. The van der Waals surface area contributed by atoms with Crippen molar-refractivity contribution in [3.8, 4) is 0 Å². The lowest BCUT2D eigenvalue weighted by Crippen LogP contribution is -2.42.